The van der Waals surface area contributed by atoms with Crippen LogP contribution in [0.2, 0.25) is 0 Å². The van der Waals surface area contributed by atoms with Crippen LogP contribution in [0.1, 0.15) is 53.4 Å². The molecule has 3 aliphatic rings. The van der Waals surface area contributed by atoms with E-state index in [4.69, 9.17) is 0 Å². The van der Waals surface area contributed by atoms with Gasteiger partial charge in [-0.15, -0.1) is 12.4 Å². The van der Waals surface area contributed by atoms with E-state index in [0.717, 1.165) is 25.7 Å². The van der Waals surface area contributed by atoms with Gasteiger partial charge in [0.05, 0.1) is 11.8 Å². The number of fused-ring (bicyclic) bond motifs is 1. The second kappa shape index (κ2) is 7.31. The molecule has 0 aromatic rings. The number of likely N-dealkylation sites (tertiary alicyclic amines) is 1. The van der Waals surface area contributed by atoms with Gasteiger partial charge >= 0.3 is 0 Å². The van der Waals surface area contributed by atoms with Crippen LogP contribution in [0.25, 0.3) is 0 Å². The molecule has 7 heteroatoms. The van der Waals surface area contributed by atoms with Crippen molar-refractivity contribution < 1.29 is 14.4 Å². The van der Waals surface area contributed by atoms with Crippen molar-refractivity contribution >= 4 is 30.1 Å². The highest BCUT2D eigenvalue weighted by molar-refractivity contribution is 6.05. The SMILES string of the molecule is CC1(C)C=C(C(=O)NCCN2C(=O)C3CCCCC3C2=O)C(C)(C)N1.Cl. The Labute approximate surface area is 161 Å². The number of carbonyl (C=O) groups excluding carboxylic acids is 3. The molecule has 1 saturated heterocycles. The third kappa shape index (κ3) is 3.81. The Morgan fingerprint density at radius 3 is 2.15 bits per heavy atom. The summed E-state index contributed by atoms with van der Waals surface area (Å²) in [5.74, 6) is -0.490. The Kier molecular flexibility index (Phi) is 5.88. The summed E-state index contributed by atoms with van der Waals surface area (Å²) in [5, 5.41) is 6.28. The standard InChI is InChI=1S/C19H29N3O3.ClH/c1-18(2)11-14(19(3,4)21-18)15(23)20-9-10-22-16(24)12-7-5-6-8-13(12)17(22)25;/h11-13,21H,5-10H2,1-4H3,(H,20,23);1H. The zero-order valence-electron chi connectivity index (χ0n) is 16.1. The minimum absolute atomic E-state index is 0. The number of hydrogen-bond donors (Lipinski definition) is 2. The van der Waals surface area contributed by atoms with Crippen molar-refractivity contribution in [2.24, 2.45) is 11.8 Å². The van der Waals surface area contributed by atoms with Crippen molar-refractivity contribution in [1.82, 2.24) is 15.5 Å². The first kappa shape index (κ1) is 20.9. The minimum atomic E-state index is -0.401. The Hall–Kier alpha value is -1.40. The second-order valence-corrected chi connectivity index (χ2v) is 8.61. The first-order valence-electron chi connectivity index (χ1n) is 9.28. The summed E-state index contributed by atoms with van der Waals surface area (Å²) >= 11 is 0. The van der Waals surface area contributed by atoms with Crippen LogP contribution in [0.15, 0.2) is 11.6 Å². The molecule has 2 unspecified atom stereocenters. The van der Waals surface area contributed by atoms with Gasteiger partial charge in [0.15, 0.2) is 0 Å². The molecule has 2 atom stereocenters. The first-order valence-corrected chi connectivity index (χ1v) is 9.28. The highest BCUT2D eigenvalue weighted by atomic mass is 35.5. The molecule has 2 heterocycles. The number of nitrogens with zero attached hydrogens (tertiary/aromatic N) is 1. The Bertz CT molecular complexity index is 618. The minimum Gasteiger partial charge on any atom is -0.350 e. The molecule has 2 aliphatic heterocycles. The van der Waals surface area contributed by atoms with Crippen molar-refractivity contribution in [1.29, 1.82) is 0 Å². The summed E-state index contributed by atoms with van der Waals surface area (Å²) in [6, 6.07) is 0. The van der Waals surface area contributed by atoms with E-state index in [1.54, 1.807) is 0 Å². The highest BCUT2D eigenvalue weighted by Gasteiger charge is 2.47. The predicted octanol–water partition coefficient (Wildman–Crippen LogP) is 1.79. The van der Waals surface area contributed by atoms with E-state index in [2.05, 4.69) is 10.6 Å². The van der Waals surface area contributed by atoms with Crippen LogP contribution < -0.4 is 10.6 Å². The molecule has 0 spiro atoms. The zero-order valence-corrected chi connectivity index (χ0v) is 16.9. The lowest BCUT2D eigenvalue weighted by Crippen LogP contribution is -2.48. The van der Waals surface area contributed by atoms with Crippen LogP contribution in [0.3, 0.4) is 0 Å². The summed E-state index contributed by atoms with van der Waals surface area (Å²) in [4.78, 5) is 38.8. The van der Waals surface area contributed by atoms with E-state index in [0.29, 0.717) is 12.1 Å². The van der Waals surface area contributed by atoms with E-state index < -0.39 is 5.54 Å². The monoisotopic (exact) mass is 383 g/mol. The third-order valence-corrected chi connectivity index (χ3v) is 5.61. The molecule has 0 radical (unpaired) electrons. The molecule has 0 bridgehead atoms. The topological polar surface area (TPSA) is 78.5 Å². The maximum absolute atomic E-state index is 12.5. The van der Waals surface area contributed by atoms with Crippen LogP contribution in [-0.2, 0) is 14.4 Å². The maximum atomic E-state index is 12.5. The van der Waals surface area contributed by atoms with Gasteiger partial charge in [0.25, 0.3) is 0 Å². The van der Waals surface area contributed by atoms with Gasteiger partial charge in [0.1, 0.15) is 0 Å². The van der Waals surface area contributed by atoms with Crippen LogP contribution in [0, 0.1) is 11.8 Å². The lowest BCUT2D eigenvalue weighted by molar-refractivity contribution is -0.140. The van der Waals surface area contributed by atoms with Gasteiger partial charge in [-0.25, -0.2) is 0 Å². The molecule has 3 rings (SSSR count). The van der Waals surface area contributed by atoms with Gasteiger partial charge in [-0.05, 0) is 40.5 Å². The van der Waals surface area contributed by atoms with Crippen molar-refractivity contribution in [2.75, 3.05) is 13.1 Å². The molecule has 3 amide bonds. The molecular weight excluding hydrogens is 354 g/mol. The Morgan fingerprint density at radius 2 is 1.69 bits per heavy atom. The Morgan fingerprint density at radius 1 is 1.15 bits per heavy atom. The van der Waals surface area contributed by atoms with Crippen LogP contribution in [-0.4, -0.2) is 46.8 Å². The van der Waals surface area contributed by atoms with E-state index in [1.807, 2.05) is 33.8 Å². The number of carbonyl (C=O) groups is 3. The normalized spacial score (nSPS) is 29.1. The van der Waals surface area contributed by atoms with E-state index in [1.165, 1.54) is 4.90 Å². The van der Waals surface area contributed by atoms with Gasteiger partial charge in [0, 0.05) is 29.7 Å². The molecule has 2 N–H and O–H groups in total. The van der Waals surface area contributed by atoms with E-state index in [-0.39, 0.29) is 54.0 Å². The molecule has 2 fully saturated rings. The van der Waals surface area contributed by atoms with E-state index in [9.17, 15) is 14.4 Å². The smallest absolute Gasteiger partial charge is 0.248 e. The lowest BCUT2D eigenvalue weighted by Gasteiger charge is -2.27. The highest BCUT2D eigenvalue weighted by Crippen LogP contribution is 2.37. The van der Waals surface area contributed by atoms with Crippen molar-refractivity contribution in [3.8, 4) is 0 Å². The number of nitrogens with one attached hydrogen (secondary N) is 2. The first-order chi connectivity index (χ1) is 11.6. The fourth-order valence-electron chi connectivity index (χ4n) is 4.63. The lowest BCUT2D eigenvalue weighted by atomic mass is 9.81. The molecule has 0 aromatic heterocycles. The largest absolute Gasteiger partial charge is 0.350 e. The van der Waals surface area contributed by atoms with Gasteiger partial charge < -0.3 is 5.32 Å². The summed E-state index contributed by atoms with van der Waals surface area (Å²) < 4.78 is 0. The third-order valence-electron chi connectivity index (χ3n) is 5.61. The fourth-order valence-corrected chi connectivity index (χ4v) is 4.63. The number of hydrogen-bond acceptors (Lipinski definition) is 4. The van der Waals surface area contributed by atoms with Crippen LogP contribution in [0.4, 0.5) is 0 Å². The van der Waals surface area contributed by atoms with Gasteiger partial charge in [-0.2, -0.15) is 0 Å². The maximum Gasteiger partial charge on any atom is 0.248 e. The average Bonchev–Trinajstić information content (AvgIpc) is 2.90. The molecule has 1 aliphatic carbocycles. The number of rotatable bonds is 4. The molecule has 0 aromatic carbocycles. The van der Waals surface area contributed by atoms with Gasteiger partial charge in [-0.3, -0.25) is 24.6 Å². The molecule has 146 valence electrons. The predicted molar refractivity (Wildman–Crippen MR) is 102 cm³/mol. The molecule has 6 nitrogen and oxygen atoms in total. The number of amides is 3. The average molecular weight is 384 g/mol. The van der Waals surface area contributed by atoms with Crippen molar-refractivity contribution in [3.63, 3.8) is 0 Å². The molecular formula is C19H30ClN3O3. The summed E-state index contributed by atoms with van der Waals surface area (Å²) in [7, 11) is 0. The van der Waals surface area contributed by atoms with Gasteiger partial charge in [0.2, 0.25) is 17.7 Å². The molecule has 26 heavy (non-hydrogen) atoms. The zero-order chi connectivity index (χ0) is 18.4. The summed E-state index contributed by atoms with van der Waals surface area (Å²) in [5.41, 5.74) is 0.0689. The van der Waals surface area contributed by atoms with Crippen molar-refractivity contribution in [2.45, 2.75) is 64.5 Å². The summed E-state index contributed by atoms with van der Waals surface area (Å²) in [6.45, 7) is 8.57. The van der Waals surface area contributed by atoms with Crippen LogP contribution in [0.5, 0.6) is 0 Å². The van der Waals surface area contributed by atoms with E-state index >= 15 is 0 Å². The molecule has 1 saturated carbocycles. The quantitative estimate of drug-likeness (QED) is 0.725. The number of halogens is 1. The fraction of sp³-hybridized carbons (Fsp3) is 0.737. The van der Waals surface area contributed by atoms with Gasteiger partial charge in [-0.1, -0.05) is 18.9 Å². The number of imide groups is 1. The summed E-state index contributed by atoms with van der Waals surface area (Å²) in [6.07, 6.45) is 5.64. The van der Waals surface area contributed by atoms with Crippen molar-refractivity contribution in [3.05, 3.63) is 11.6 Å². The Balaban J connectivity index is 0.00000243. The second-order valence-electron chi connectivity index (χ2n) is 8.61. The van der Waals surface area contributed by atoms with Crippen LogP contribution >= 0.6 is 12.4 Å².